The maximum absolute atomic E-state index is 12.2. The number of ether oxygens (including phenoxy) is 2. The monoisotopic (exact) mass is 277 g/mol. The summed E-state index contributed by atoms with van der Waals surface area (Å²) in [6, 6.07) is 9.20. The molecule has 0 aromatic heterocycles. The van der Waals surface area contributed by atoms with E-state index in [-0.39, 0.29) is 11.9 Å². The number of carboxylic acid groups (broad SMARTS) is 1. The zero-order valence-electron chi connectivity index (χ0n) is 10.9. The van der Waals surface area contributed by atoms with Crippen LogP contribution in [-0.2, 0) is 25.6 Å². The van der Waals surface area contributed by atoms with Gasteiger partial charge in [0.2, 0.25) is 6.29 Å². The van der Waals surface area contributed by atoms with Crippen LogP contribution in [0, 0.1) is 0 Å². The van der Waals surface area contributed by atoms with Crippen LogP contribution in [-0.4, -0.2) is 46.4 Å². The van der Waals surface area contributed by atoms with E-state index in [0.717, 1.165) is 5.56 Å². The maximum Gasteiger partial charge on any atom is 0.335 e. The predicted molar refractivity (Wildman–Crippen MR) is 67.6 cm³/mol. The van der Waals surface area contributed by atoms with Crippen molar-refractivity contribution in [2.75, 3.05) is 0 Å². The van der Waals surface area contributed by atoms with Crippen LogP contribution in [0.15, 0.2) is 30.3 Å². The van der Waals surface area contributed by atoms with Crippen LogP contribution in [0.2, 0.25) is 0 Å². The quantitative estimate of drug-likeness (QED) is 0.876. The van der Waals surface area contributed by atoms with E-state index in [1.165, 1.54) is 0 Å². The molecule has 2 fully saturated rings. The summed E-state index contributed by atoms with van der Waals surface area (Å²) in [7, 11) is 0. The minimum atomic E-state index is -1.10. The molecule has 2 saturated heterocycles. The molecule has 1 N–H and O–H groups in total. The van der Waals surface area contributed by atoms with Crippen molar-refractivity contribution < 1.29 is 24.2 Å². The number of carbonyl (C=O) groups is 2. The van der Waals surface area contributed by atoms with E-state index in [1.807, 2.05) is 30.3 Å². The Morgan fingerprint density at radius 1 is 1.30 bits per heavy atom. The summed E-state index contributed by atoms with van der Waals surface area (Å²) in [6.45, 7) is 2.21. The van der Waals surface area contributed by atoms with Gasteiger partial charge in [-0.3, -0.25) is 4.79 Å². The Hall–Kier alpha value is -1.92. The highest BCUT2D eigenvalue weighted by molar-refractivity contribution is 5.83. The maximum atomic E-state index is 12.2. The standard InChI is InChI=1S/C14H15NO5/c1-8-10-11(13(17)18)20-14(19-10)12(16)15(8)7-9-5-3-2-4-6-9/h2-6,8,10-11,14H,7H2,1H3,(H,17,18)/t8-,10-,11+,14+/m1/s1. The number of fused-ring (bicyclic) bond motifs is 2. The molecular formula is C14H15NO5. The topological polar surface area (TPSA) is 76.1 Å². The van der Waals surface area contributed by atoms with Crippen LogP contribution >= 0.6 is 0 Å². The second kappa shape index (κ2) is 4.88. The second-order valence-corrected chi connectivity index (χ2v) is 5.02. The van der Waals surface area contributed by atoms with E-state index in [1.54, 1.807) is 11.8 Å². The molecule has 2 bridgehead atoms. The van der Waals surface area contributed by atoms with Gasteiger partial charge >= 0.3 is 5.97 Å². The molecule has 1 aromatic carbocycles. The lowest BCUT2D eigenvalue weighted by molar-refractivity contribution is -0.178. The smallest absolute Gasteiger partial charge is 0.335 e. The lowest BCUT2D eigenvalue weighted by Gasteiger charge is -2.36. The Bertz CT molecular complexity index is 532. The van der Waals surface area contributed by atoms with Gasteiger partial charge in [0.05, 0.1) is 6.04 Å². The van der Waals surface area contributed by atoms with Crippen molar-refractivity contribution in [1.82, 2.24) is 4.90 Å². The van der Waals surface area contributed by atoms with E-state index in [0.29, 0.717) is 6.54 Å². The average Bonchev–Trinajstić information content (AvgIpc) is 2.85. The lowest BCUT2D eigenvalue weighted by Crippen LogP contribution is -2.54. The van der Waals surface area contributed by atoms with Crippen molar-refractivity contribution in [3.8, 4) is 0 Å². The number of nitrogens with zero attached hydrogens (tertiary/aromatic N) is 1. The largest absolute Gasteiger partial charge is 0.479 e. The number of benzene rings is 1. The molecule has 4 atom stereocenters. The van der Waals surface area contributed by atoms with E-state index in [2.05, 4.69) is 0 Å². The Balaban J connectivity index is 1.83. The number of rotatable bonds is 3. The third kappa shape index (κ3) is 2.07. The molecule has 1 amide bonds. The van der Waals surface area contributed by atoms with Gasteiger partial charge in [0.25, 0.3) is 5.91 Å². The van der Waals surface area contributed by atoms with Crippen LogP contribution in [0.5, 0.6) is 0 Å². The van der Waals surface area contributed by atoms with Gasteiger partial charge < -0.3 is 19.5 Å². The SMILES string of the molecule is C[C@@H]1[C@H]2O[C@@H](O[C@@H]2C(=O)O)C(=O)N1Cc1ccccc1. The van der Waals surface area contributed by atoms with E-state index < -0.39 is 24.5 Å². The molecule has 2 aliphatic rings. The highest BCUT2D eigenvalue weighted by Crippen LogP contribution is 2.32. The fourth-order valence-corrected chi connectivity index (χ4v) is 2.65. The Labute approximate surface area is 115 Å². The Morgan fingerprint density at radius 3 is 2.65 bits per heavy atom. The zero-order valence-corrected chi connectivity index (χ0v) is 10.9. The average molecular weight is 277 g/mol. The minimum absolute atomic E-state index is 0.318. The third-order valence-corrected chi connectivity index (χ3v) is 3.74. The van der Waals surface area contributed by atoms with Crippen molar-refractivity contribution >= 4 is 11.9 Å². The third-order valence-electron chi connectivity index (χ3n) is 3.74. The Kier molecular flexibility index (Phi) is 3.19. The van der Waals surface area contributed by atoms with Crippen LogP contribution in [0.4, 0.5) is 0 Å². The molecule has 6 heteroatoms. The number of carboxylic acids is 1. The second-order valence-electron chi connectivity index (χ2n) is 5.02. The van der Waals surface area contributed by atoms with Crippen molar-refractivity contribution in [2.45, 2.75) is 38.0 Å². The normalized spacial score (nSPS) is 32.5. The summed E-state index contributed by atoms with van der Waals surface area (Å²) in [5.74, 6) is -1.42. The summed E-state index contributed by atoms with van der Waals surface area (Å²) in [4.78, 5) is 25.0. The van der Waals surface area contributed by atoms with Gasteiger partial charge in [-0.1, -0.05) is 30.3 Å². The molecule has 0 spiro atoms. The van der Waals surface area contributed by atoms with Gasteiger partial charge in [-0.2, -0.15) is 0 Å². The van der Waals surface area contributed by atoms with Gasteiger partial charge in [0, 0.05) is 6.54 Å². The molecule has 0 saturated carbocycles. The van der Waals surface area contributed by atoms with Crippen molar-refractivity contribution in [2.24, 2.45) is 0 Å². The van der Waals surface area contributed by atoms with Crippen molar-refractivity contribution in [3.63, 3.8) is 0 Å². The first-order chi connectivity index (χ1) is 9.58. The number of aliphatic carboxylic acids is 1. The summed E-state index contributed by atoms with van der Waals surface area (Å²) < 4.78 is 10.6. The number of morpholine rings is 1. The minimum Gasteiger partial charge on any atom is -0.479 e. The lowest BCUT2D eigenvalue weighted by atomic mass is 10.0. The summed E-state index contributed by atoms with van der Waals surface area (Å²) >= 11 is 0. The fourth-order valence-electron chi connectivity index (χ4n) is 2.65. The van der Waals surface area contributed by atoms with Crippen LogP contribution in [0.1, 0.15) is 12.5 Å². The van der Waals surface area contributed by atoms with Crippen LogP contribution in [0.3, 0.4) is 0 Å². The Morgan fingerprint density at radius 2 is 2.00 bits per heavy atom. The van der Waals surface area contributed by atoms with E-state index >= 15 is 0 Å². The molecule has 2 heterocycles. The number of hydrogen-bond donors (Lipinski definition) is 1. The van der Waals surface area contributed by atoms with Crippen molar-refractivity contribution in [3.05, 3.63) is 35.9 Å². The first-order valence-electron chi connectivity index (χ1n) is 6.46. The summed E-state index contributed by atoms with van der Waals surface area (Å²) in [5, 5.41) is 9.11. The highest BCUT2D eigenvalue weighted by Gasteiger charge is 2.54. The van der Waals surface area contributed by atoms with E-state index in [4.69, 9.17) is 14.6 Å². The van der Waals surface area contributed by atoms with Crippen LogP contribution in [0.25, 0.3) is 0 Å². The predicted octanol–water partition coefficient (Wildman–Crippen LogP) is 0.612. The zero-order chi connectivity index (χ0) is 14.3. The molecular weight excluding hydrogens is 262 g/mol. The molecule has 106 valence electrons. The molecule has 1 aromatic rings. The van der Waals surface area contributed by atoms with Gasteiger partial charge in [-0.25, -0.2) is 4.79 Å². The molecule has 20 heavy (non-hydrogen) atoms. The molecule has 0 radical (unpaired) electrons. The van der Waals surface area contributed by atoms with Crippen molar-refractivity contribution in [1.29, 1.82) is 0 Å². The molecule has 0 aliphatic carbocycles. The molecule has 2 aliphatic heterocycles. The fraction of sp³-hybridized carbons (Fsp3) is 0.429. The first-order valence-corrected chi connectivity index (χ1v) is 6.46. The summed E-state index contributed by atoms with van der Waals surface area (Å²) in [6.07, 6.45) is -2.81. The van der Waals surface area contributed by atoms with Gasteiger partial charge in [-0.05, 0) is 12.5 Å². The number of hydrogen-bond acceptors (Lipinski definition) is 4. The van der Waals surface area contributed by atoms with E-state index in [9.17, 15) is 9.59 Å². The number of carbonyl (C=O) groups excluding carboxylic acids is 1. The highest BCUT2D eigenvalue weighted by atomic mass is 16.7. The van der Waals surface area contributed by atoms with Gasteiger partial charge in [0.1, 0.15) is 6.10 Å². The van der Waals surface area contributed by atoms with Gasteiger partial charge in [-0.15, -0.1) is 0 Å². The molecule has 0 unspecified atom stereocenters. The molecule has 3 rings (SSSR count). The molecule has 6 nitrogen and oxygen atoms in total. The summed E-state index contributed by atoms with van der Waals surface area (Å²) in [5.41, 5.74) is 0.987. The van der Waals surface area contributed by atoms with Gasteiger partial charge in [0.15, 0.2) is 6.10 Å². The first kappa shape index (κ1) is 13.1. The van der Waals surface area contributed by atoms with Crippen LogP contribution < -0.4 is 0 Å². The number of amides is 1.